The molecular weight excluding hydrogens is 218 g/mol. The van der Waals surface area contributed by atoms with Gasteiger partial charge in [-0.05, 0) is 44.7 Å². The lowest BCUT2D eigenvalue weighted by molar-refractivity contribution is 0.650. The Balaban J connectivity index is 2.32. The van der Waals surface area contributed by atoms with Crippen LogP contribution in [0.25, 0.3) is 0 Å². The maximum atomic E-state index is 12.0. The van der Waals surface area contributed by atoms with Crippen LogP contribution in [0.15, 0.2) is 28.7 Å². The molecule has 2 nitrogen and oxygen atoms in total. The molecule has 1 aliphatic carbocycles. The van der Waals surface area contributed by atoms with Crippen molar-refractivity contribution in [3.8, 4) is 0 Å². The second-order valence-corrected chi connectivity index (χ2v) is 6.96. The quantitative estimate of drug-likeness (QED) is 0.736. The molecule has 0 saturated carbocycles. The van der Waals surface area contributed by atoms with Crippen molar-refractivity contribution < 1.29 is 4.21 Å². The van der Waals surface area contributed by atoms with Gasteiger partial charge < -0.3 is 0 Å². The van der Waals surface area contributed by atoms with E-state index in [1.807, 2.05) is 32.9 Å². The first-order valence-corrected chi connectivity index (χ1v) is 6.67. The van der Waals surface area contributed by atoms with Gasteiger partial charge in [0, 0.05) is 0 Å². The molecule has 1 unspecified atom stereocenters. The van der Waals surface area contributed by atoms with Gasteiger partial charge in [-0.15, -0.1) is 0 Å². The van der Waals surface area contributed by atoms with Crippen LogP contribution in [0.4, 0.5) is 0 Å². The van der Waals surface area contributed by atoms with Crippen LogP contribution < -0.4 is 0 Å². The molecule has 0 N–H and O–H groups in total. The Morgan fingerprint density at radius 3 is 2.56 bits per heavy atom. The third-order valence-corrected chi connectivity index (χ3v) is 4.11. The highest BCUT2D eigenvalue weighted by atomic mass is 32.2. The van der Waals surface area contributed by atoms with Crippen LogP contribution in [0.3, 0.4) is 0 Å². The maximum absolute atomic E-state index is 12.0. The Kier molecular flexibility index (Phi) is 2.98. The Morgan fingerprint density at radius 1 is 1.19 bits per heavy atom. The first kappa shape index (κ1) is 11.5. The van der Waals surface area contributed by atoms with Gasteiger partial charge in [-0.3, -0.25) is 0 Å². The minimum Gasteiger partial charge on any atom is -0.234 e. The Hall–Kier alpha value is -0.960. The Labute approximate surface area is 99.4 Å². The molecule has 0 saturated heterocycles. The van der Waals surface area contributed by atoms with Crippen LogP contribution in [0.5, 0.6) is 0 Å². The maximum Gasteiger partial charge on any atom is 0.145 e. The molecule has 1 aliphatic rings. The van der Waals surface area contributed by atoms with Gasteiger partial charge >= 0.3 is 0 Å². The van der Waals surface area contributed by atoms with Gasteiger partial charge in [-0.2, -0.15) is 4.40 Å². The first-order valence-electron chi connectivity index (χ1n) is 5.56. The van der Waals surface area contributed by atoms with E-state index in [1.54, 1.807) is 0 Å². The Bertz CT molecular complexity index is 457. The lowest BCUT2D eigenvalue weighted by Gasteiger charge is -2.14. The molecule has 0 aliphatic heterocycles. The number of rotatable bonds is 1. The zero-order valence-corrected chi connectivity index (χ0v) is 10.8. The van der Waals surface area contributed by atoms with Crippen molar-refractivity contribution in [2.24, 2.45) is 4.40 Å². The third-order valence-electron chi connectivity index (χ3n) is 2.68. The van der Waals surface area contributed by atoms with E-state index in [0.29, 0.717) is 0 Å². The number of aryl methyl sites for hydroxylation is 1. The predicted molar refractivity (Wildman–Crippen MR) is 69.2 cm³/mol. The molecule has 0 fully saturated rings. The van der Waals surface area contributed by atoms with Gasteiger partial charge in [-0.25, -0.2) is 4.21 Å². The summed E-state index contributed by atoms with van der Waals surface area (Å²) >= 11 is 0. The average Bonchev–Trinajstić information content (AvgIpc) is 2.61. The molecule has 1 atom stereocenters. The average molecular weight is 235 g/mol. The van der Waals surface area contributed by atoms with Gasteiger partial charge in [-0.1, -0.05) is 24.3 Å². The topological polar surface area (TPSA) is 29.4 Å². The van der Waals surface area contributed by atoms with Crippen molar-refractivity contribution in [1.29, 1.82) is 0 Å². The summed E-state index contributed by atoms with van der Waals surface area (Å²) in [6.07, 6.45) is 1.94. The minimum atomic E-state index is -1.15. The monoisotopic (exact) mass is 235 g/mol. The SMILES string of the molecule is CC(C)(C)S(=O)/N=C1/CCc2ccccc21. The van der Waals surface area contributed by atoms with E-state index in [1.165, 1.54) is 11.1 Å². The van der Waals surface area contributed by atoms with Crippen molar-refractivity contribution in [2.45, 2.75) is 38.4 Å². The van der Waals surface area contributed by atoms with Crippen LogP contribution in [-0.4, -0.2) is 14.7 Å². The summed E-state index contributed by atoms with van der Waals surface area (Å²) in [7, 11) is -1.15. The lowest BCUT2D eigenvalue weighted by Crippen LogP contribution is -2.20. The predicted octanol–water partition coefficient (Wildman–Crippen LogP) is 2.88. The fraction of sp³-hybridized carbons (Fsp3) is 0.462. The largest absolute Gasteiger partial charge is 0.234 e. The normalized spacial score (nSPS) is 19.8. The highest BCUT2D eigenvalue weighted by molar-refractivity contribution is 7.85. The highest BCUT2D eigenvalue weighted by Gasteiger charge is 2.23. The van der Waals surface area contributed by atoms with Crippen molar-refractivity contribution >= 4 is 16.7 Å². The lowest BCUT2D eigenvalue weighted by atomic mass is 10.1. The zero-order chi connectivity index (χ0) is 11.8. The van der Waals surface area contributed by atoms with E-state index in [-0.39, 0.29) is 4.75 Å². The smallest absolute Gasteiger partial charge is 0.145 e. The van der Waals surface area contributed by atoms with E-state index in [9.17, 15) is 4.21 Å². The van der Waals surface area contributed by atoms with E-state index in [0.717, 1.165) is 18.6 Å². The second-order valence-electron chi connectivity index (χ2n) is 5.06. The molecule has 3 heteroatoms. The molecule has 0 spiro atoms. The van der Waals surface area contributed by atoms with E-state index >= 15 is 0 Å². The van der Waals surface area contributed by atoms with E-state index < -0.39 is 11.0 Å². The van der Waals surface area contributed by atoms with Crippen molar-refractivity contribution in [3.05, 3.63) is 35.4 Å². The standard InChI is InChI=1S/C13H17NOS/c1-13(2,3)16(15)14-12-9-8-10-6-4-5-7-11(10)12/h4-7H,8-9H2,1-3H3/b14-12-. The molecule has 0 amide bonds. The summed E-state index contributed by atoms with van der Waals surface area (Å²) in [5, 5.41) is 0. The summed E-state index contributed by atoms with van der Waals surface area (Å²) in [5.41, 5.74) is 3.51. The molecule has 0 heterocycles. The molecular formula is C13H17NOS. The van der Waals surface area contributed by atoms with Crippen LogP contribution in [0.1, 0.15) is 38.3 Å². The van der Waals surface area contributed by atoms with Crippen LogP contribution in [0, 0.1) is 0 Å². The first-order chi connectivity index (χ1) is 7.48. The fourth-order valence-corrected chi connectivity index (χ4v) is 2.40. The number of nitrogens with zero attached hydrogens (tertiary/aromatic N) is 1. The minimum absolute atomic E-state index is 0.273. The van der Waals surface area contributed by atoms with Gasteiger partial charge in [0.1, 0.15) is 11.0 Å². The zero-order valence-electron chi connectivity index (χ0n) is 9.99. The van der Waals surface area contributed by atoms with Crippen molar-refractivity contribution in [1.82, 2.24) is 0 Å². The fourth-order valence-electron chi connectivity index (χ4n) is 1.74. The number of benzene rings is 1. The number of hydrogen-bond donors (Lipinski definition) is 0. The van der Waals surface area contributed by atoms with Crippen molar-refractivity contribution in [3.63, 3.8) is 0 Å². The van der Waals surface area contributed by atoms with Gasteiger partial charge in [0.2, 0.25) is 0 Å². The van der Waals surface area contributed by atoms with E-state index in [4.69, 9.17) is 0 Å². The highest BCUT2D eigenvalue weighted by Crippen LogP contribution is 2.24. The molecule has 1 aromatic rings. The van der Waals surface area contributed by atoms with Gasteiger partial charge in [0.05, 0.1) is 10.5 Å². The molecule has 86 valence electrons. The summed E-state index contributed by atoms with van der Waals surface area (Å²) in [4.78, 5) is 0. The molecule has 1 aromatic carbocycles. The molecule has 2 rings (SSSR count). The van der Waals surface area contributed by atoms with E-state index in [2.05, 4.69) is 16.5 Å². The molecule has 16 heavy (non-hydrogen) atoms. The summed E-state index contributed by atoms with van der Waals surface area (Å²) in [6.45, 7) is 5.86. The third kappa shape index (κ3) is 2.24. The Morgan fingerprint density at radius 2 is 1.88 bits per heavy atom. The number of fused-ring (bicyclic) bond motifs is 1. The molecule has 0 bridgehead atoms. The molecule has 0 aromatic heterocycles. The number of hydrogen-bond acceptors (Lipinski definition) is 1. The van der Waals surface area contributed by atoms with Gasteiger partial charge in [0.25, 0.3) is 0 Å². The van der Waals surface area contributed by atoms with Gasteiger partial charge in [0.15, 0.2) is 0 Å². The summed E-state index contributed by atoms with van der Waals surface area (Å²) < 4.78 is 16.1. The van der Waals surface area contributed by atoms with Crippen LogP contribution in [0.2, 0.25) is 0 Å². The summed E-state index contributed by atoms with van der Waals surface area (Å²) in [6, 6.07) is 8.25. The molecule has 0 radical (unpaired) electrons. The van der Waals surface area contributed by atoms with Crippen molar-refractivity contribution in [2.75, 3.05) is 0 Å². The van der Waals surface area contributed by atoms with Crippen LogP contribution >= 0.6 is 0 Å². The second kappa shape index (κ2) is 4.13. The van der Waals surface area contributed by atoms with Crippen LogP contribution in [-0.2, 0) is 17.4 Å². The summed E-state index contributed by atoms with van der Waals surface area (Å²) in [5.74, 6) is 0.